The molecule has 0 radical (unpaired) electrons. The number of hydrogen-bond donors (Lipinski definition) is 2. The lowest BCUT2D eigenvalue weighted by Gasteiger charge is -2.19. The Morgan fingerprint density at radius 1 is 0.957 bits per heavy atom. The maximum absolute atomic E-state index is 12.4. The lowest BCUT2D eigenvalue weighted by molar-refractivity contribution is 0.0937. The van der Waals surface area contributed by atoms with Crippen molar-refractivity contribution in [3.05, 3.63) is 100 Å². The van der Waals surface area contributed by atoms with Crippen molar-refractivity contribution >= 4 is 5.91 Å². The van der Waals surface area contributed by atoms with Crippen LogP contribution >= 0.6 is 0 Å². The summed E-state index contributed by atoms with van der Waals surface area (Å²) in [6, 6.07) is 20.2. The molecule has 0 atom stereocenters. The summed E-state index contributed by atoms with van der Waals surface area (Å²) in [5.41, 5.74) is 1.64. The Labute approximate surface area is 133 Å². The highest BCUT2D eigenvalue weighted by atomic mass is 16.2. The quantitative estimate of drug-likeness (QED) is 0.776. The standard InChI is InChI=1S/C18H15N3O2/c22-16-11-15(19-12-20-16)18(23)21-17(13-7-3-1-4-8-13)14-9-5-2-6-10-14/h1-12,17H,(H,21,23)(H,19,20,22). The third-order valence-corrected chi connectivity index (χ3v) is 3.45. The first kappa shape index (κ1) is 14.7. The van der Waals surface area contributed by atoms with Crippen molar-refractivity contribution in [2.24, 2.45) is 0 Å². The summed E-state index contributed by atoms with van der Waals surface area (Å²) in [6.45, 7) is 0. The summed E-state index contributed by atoms with van der Waals surface area (Å²) >= 11 is 0. The maximum atomic E-state index is 12.4. The summed E-state index contributed by atoms with van der Waals surface area (Å²) in [5.74, 6) is -0.395. The maximum Gasteiger partial charge on any atom is 0.270 e. The van der Waals surface area contributed by atoms with E-state index < -0.39 is 5.91 Å². The van der Waals surface area contributed by atoms with Crippen LogP contribution in [0.15, 0.2) is 77.9 Å². The highest BCUT2D eigenvalue weighted by Gasteiger charge is 2.18. The molecule has 3 rings (SSSR count). The van der Waals surface area contributed by atoms with Crippen LogP contribution in [0.3, 0.4) is 0 Å². The highest BCUT2D eigenvalue weighted by molar-refractivity contribution is 5.92. The van der Waals surface area contributed by atoms with Crippen LogP contribution in [0, 0.1) is 0 Å². The Kier molecular flexibility index (Phi) is 4.29. The zero-order valence-electron chi connectivity index (χ0n) is 12.3. The van der Waals surface area contributed by atoms with Crippen LogP contribution < -0.4 is 10.9 Å². The Morgan fingerprint density at radius 2 is 1.52 bits per heavy atom. The Bertz CT molecular complexity index is 805. The number of nitrogens with one attached hydrogen (secondary N) is 2. The van der Waals surface area contributed by atoms with Crippen molar-refractivity contribution < 1.29 is 4.79 Å². The number of nitrogens with zero attached hydrogens (tertiary/aromatic N) is 1. The van der Waals surface area contributed by atoms with Crippen molar-refractivity contribution in [3.63, 3.8) is 0 Å². The molecule has 2 N–H and O–H groups in total. The van der Waals surface area contributed by atoms with E-state index in [1.165, 1.54) is 12.4 Å². The molecule has 0 aliphatic rings. The largest absolute Gasteiger partial charge is 0.340 e. The molecule has 0 aliphatic carbocycles. The fourth-order valence-electron chi connectivity index (χ4n) is 2.35. The minimum absolute atomic E-state index is 0.0885. The molecule has 0 unspecified atom stereocenters. The molecule has 0 saturated carbocycles. The van der Waals surface area contributed by atoms with Crippen molar-refractivity contribution in [1.82, 2.24) is 15.3 Å². The minimum Gasteiger partial charge on any atom is -0.340 e. The van der Waals surface area contributed by atoms with Gasteiger partial charge in [0.2, 0.25) is 0 Å². The van der Waals surface area contributed by atoms with Crippen LogP contribution in [-0.2, 0) is 0 Å². The fraction of sp³-hybridized carbons (Fsp3) is 0.0556. The Hall–Kier alpha value is -3.21. The SMILES string of the molecule is O=C(NC(c1ccccc1)c1ccccc1)c1cc(=O)[nH]cn1. The van der Waals surface area contributed by atoms with E-state index >= 15 is 0 Å². The normalized spacial score (nSPS) is 10.5. The topological polar surface area (TPSA) is 74.8 Å². The number of H-pyrrole nitrogens is 1. The van der Waals surface area contributed by atoms with E-state index in [0.717, 1.165) is 11.1 Å². The molecule has 23 heavy (non-hydrogen) atoms. The van der Waals surface area contributed by atoms with Gasteiger partial charge < -0.3 is 10.3 Å². The average molecular weight is 305 g/mol. The molecule has 5 nitrogen and oxygen atoms in total. The molecule has 5 heteroatoms. The van der Waals surface area contributed by atoms with Gasteiger partial charge in [-0.3, -0.25) is 9.59 Å². The van der Waals surface area contributed by atoms with E-state index in [-0.39, 0.29) is 17.3 Å². The molecule has 1 aromatic heterocycles. The van der Waals surface area contributed by atoms with E-state index in [1.807, 2.05) is 60.7 Å². The highest BCUT2D eigenvalue weighted by Crippen LogP contribution is 2.21. The van der Waals surface area contributed by atoms with Crippen LogP contribution in [0.2, 0.25) is 0 Å². The van der Waals surface area contributed by atoms with Crippen LogP contribution in [0.1, 0.15) is 27.7 Å². The summed E-state index contributed by atoms with van der Waals surface area (Å²) in [6.07, 6.45) is 1.22. The fourth-order valence-corrected chi connectivity index (χ4v) is 2.35. The number of benzene rings is 2. The van der Waals surface area contributed by atoms with Gasteiger partial charge in [-0.1, -0.05) is 60.7 Å². The molecule has 0 fully saturated rings. The van der Waals surface area contributed by atoms with E-state index in [1.54, 1.807) is 0 Å². The van der Waals surface area contributed by atoms with E-state index in [0.29, 0.717) is 0 Å². The van der Waals surface area contributed by atoms with Crippen LogP contribution in [-0.4, -0.2) is 15.9 Å². The second-order valence-electron chi connectivity index (χ2n) is 5.02. The Balaban J connectivity index is 1.93. The summed E-state index contributed by atoms with van der Waals surface area (Å²) in [5, 5.41) is 2.94. The predicted molar refractivity (Wildman–Crippen MR) is 87.1 cm³/mol. The zero-order chi connectivity index (χ0) is 16.1. The molecule has 0 bridgehead atoms. The van der Waals surface area contributed by atoms with Crippen molar-refractivity contribution in [1.29, 1.82) is 0 Å². The predicted octanol–water partition coefficient (Wildman–Crippen LogP) is 2.29. The monoisotopic (exact) mass is 305 g/mol. The first-order valence-corrected chi connectivity index (χ1v) is 7.19. The number of rotatable bonds is 4. The first-order chi connectivity index (χ1) is 11.2. The van der Waals surface area contributed by atoms with Gasteiger partial charge in [0, 0.05) is 6.07 Å². The number of aromatic amines is 1. The van der Waals surface area contributed by atoms with Gasteiger partial charge >= 0.3 is 0 Å². The van der Waals surface area contributed by atoms with E-state index in [9.17, 15) is 9.59 Å². The number of carbonyl (C=O) groups is 1. The van der Waals surface area contributed by atoms with Gasteiger partial charge in [0.05, 0.1) is 12.4 Å². The summed E-state index contributed by atoms with van der Waals surface area (Å²) in [4.78, 5) is 30.1. The molecule has 1 heterocycles. The van der Waals surface area contributed by atoms with Crippen LogP contribution in [0.4, 0.5) is 0 Å². The molecule has 0 aliphatic heterocycles. The second-order valence-corrected chi connectivity index (χ2v) is 5.02. The van der Waals surface area contributed by atoms with Crippen molar-refractivity contribution in [3.8, 4) is 0 Å². The average Bonchev–Trinajstić information content (AvgIpc) is 2.61. The van der Waals surface area contributed by atoms with Gasteiger partial charge in [-0.25, -0.2) is 4.98 Å². The lowest BCUT2D eigenvalue weighted by Crippen LogP contribution is -2.30. The molecule has 2 aromatic carbocycles. The number of aromatic nitrogens is 2. The third-order valence-electron chi connectivity index (χ3n) is 3.45. The van der Waals surface area contributed by atoms with E-state index in [2.05, 4.69) is 15.3 Å². The molecule has 3 aromatic rings. The molecular formula is C18H15N3O2. The van der Waals surface area contributed by atoms with Gasteiger partial charge in [-0.15, -0.1) is 0 Å². The molecule has 0 spiro atoms. The van der Waals surface area contributed by atoms with Gasteiger partial charge in [-0.2, -0.15) is 0 Å². The second kappa shape index (κ2) is 6.70. The first-order valence-electron chi connectivity index (χ1n) is 7.19. The van der Waals surface area contributed by atoms with Crippen molar-refractivity contribution in [2.75, 3.05) is 0 Å². The molecule has 0 saturated heterocycles. The van der Waals surface area contributed by atoms with Gasteiger partial charge in [0.15, 0.2) is 0 Å². The molecule has 1 amide bonds. The summed E-state index contributed by atoms with van der Waals surface area (Å²) in [7, 11) is 0. The van der Waals surface area contributed by atoms with Gasteiger partial charge in [-0.05, 0) is 11.1 Å². The van der Waals surface area contributed by atoms with Gasteiger partial charge in [0.1, 0.15) is 5.69 Å². The number of amides is 1. The molecule has 114 valence electrons. The van der Waals surface area contributed by atoms with E-state index in [4.69, 9.17) is 0 Å². The minimum atomic E-state index is -0.395. The Morgan fingerprint density at radius 3 is 2.04 bits per heavy atom. The van der Waals surface area contributed by atoms with Crippen LogP contribution in [0.5, 0.6) is 0 Å². The van der Waals surface area contributed by atoms with Crippen LogP contribution in [0.25, 0.3) is 0 Å². The van der Waals surface area contributed by atoms with Gasteiger partial charge in [0.25, 0.3) is 11.5 Å². The smallest absolute Gasteiger partial charge is 0.270 e. The number of hydrogen-bond acceptors (Lipinski definition) is 3. The number of carbonyl (C=O) groups excluding carboxylic acids is 1. The zero-order valence-corrected chi connectivity index (χ0v) is 12.3. The summed E-state index contributed by atoms with van der Waals surface area (Å²) < 4.78 is 0. The lowest BCUT2D eigenvalue weighted by atomic mass is 9.98. The molecular weight excluding hydrogens is 290 g/mol. The third kappa shape index (κ3) is 3.52. The van der Waals surface area contributed by atoms with Crippen molar-refractivity contribution in [2.45, 2.75) is 6.04 Å².